The summed E-state index contributed by atoms with van der Waals surface area (Å²) in [5.41, 5.74) is 1.72. The first-order valence-electron chi connectivity index (χ1n) is 8.80. The Kier molecular flexibility index (Phi) is 5.81. The van der Waals surface area contributed by atoms with Gasteiger partial charge in [0.15, 0.2) is 0 Å². The third-order valence-electron chi connectivity index (χ3n) is 4.92. The molecule has 25 heavy (non-hydrogen) atoms. The Hall–Kier alpha value is -2.21. The van der Waals surface area contributed by atoms with Crippen LogP contribution < -0.4 is 0 Å². The molecule has 3 rings (SSSR count). The number of aliphatic hydroxyl groups is 1. The van der Waals surface area contributed by atoms with E-state index in [-0.39, 0.29) is 17.6 Å². The number of aliphatic hydroxyl groups excluding tert-OH is 1. The lowest BCUT2D eigenvalue weighted by Gasteiger charge is -2.36. The van der Waals surface area contributed by atoms with E-state index in [9.17, 15) is 14.3 Å². The molecule has 1 aromatic carbocycles. The van der Waals surface area contributed by atoms with Gasteiger partial charge in [-0.1, -0.05) is 18.2 Å². The van der Waals surface area contributed by atoms with Gasteiger partial charge in [-0.05, 0) is 48.8 Å². The van der Waals surface area contributed by atoms with E-state index >= 15 is 0 Å². The summed E-state index contributed by atoms with van der Waals surface area (Å²) in [5, 5.41) is 17.0. The third kappa shape index (κ3) is 4.66. The van der Waals surface area contributed by atoms with Crippen LogP contribution in [-0.2, 0) is 17.6 Å². The number of nitrogens with one attached hydrogen (secondary N) is 1. The van der Waals surface area contributed by atoms with E-state index in [1.165, 1.54) is 6.07 Å². The number of aromatic nitrogens is 2. The monoisotopic (exact) mass is 345 g/mol. The molecular weight excluding hydrogens is 321 g/mol. The van der Waals surface area contributed by atoms with Gasteiger partial charge < -0.3 is 10.0 Å². The van der Waals surface area contributed by atoms with Crippen LogP contribution in [0.3, 0.4) is 0 Å². The van der Waals surface area contributed by atoms with Crippen molar-refractivity contribution < 1.29 is 14.3 Å². The number of β-amino-alcohol motifs (C(OH)–C–C–N with tert-alkyl or cyclic N) is 1. The second-order valence-corrected chi connectivity index (χ2v) is 6.71. The van der Waals surface area contributed by atoms with Crippen LogP contribution in [0.4, 0.5) is 4.39 Å². The molecule has 134 valence electrons. The zero-order chi connectivity index (χ0) is 17.6. The molecule has 2 atom stereocenters. The molecule has 2 heterocycles. The molecule has 0 unspecified atom stereocenters. The predicted octanol–water partition coefficient (Wildman–Crippen LogP) is 2.32. The number of hydrogen-bond donors (Lipinski definition) is 2. The summed E-state index contributed by atoms with van der Waals surface area (Å²) in [6.07, 6.45) is 6.25. The molecule has 2 aromatic rings. The molecule has 1 aromatic heterocycles. The fourth-order valence-electron chi connectivity index (χ4n) is 3.41. The molecule has 1 aliphatic heterocycles. The maximum atomic E-state index is 13.8. The lowest BCUT2D eigenvalue weighted by Crippen LogP contribution is -2.47. The number of nitrogens with zero attached hydrogens (tertiary/aromatic N) is 2. The quantitative estimate of drug-likeness (QED) is 0.844. The molecule has 0 spiro atoms. The number of benzene rings is 1. The van der Waals surface area contributed by atoms with Crippen LogP contribution in [0.5, 0.6) is 0 Å². The molecule has 6 heteroatoms. The first-order valence-corrected chi connectivity index (χ1v) is 8.80. The number of likely N-dealkylation sites (tertiary alicyclic amines) is 1. The van der Waals surface area contributed by atoms with Crippen LogP contribution >= 0.6 is 0 Å². The number of piperidine rings is 1. The average molecular weight is 345 g/mol. The van der Waals surface area contributed by atoms with Gasteiger partial charge in [0.2, 0.25) is 5.91 Å². The number of rotatable bonds is 6. The Morgan fingerprint density at radius 3 is 2.96 bits per heavy atom. The summed E-state index contributed by atoms with van der Waals surface area (Å²) in [6, 6.07) is 6.68. The van der Waals surface area contributed by atoms with E-state index in [0.717, 1.165) is 18.4 Å². The molecule has 1 saturated heterocycles. The van der Waals surface area contributed by atoms with Gasteiger partial charge >= 0.3 is 0 Å². The van der Waals surface area contributed by atoms with Crippen molar-refractivity contribution >= 4 is 5.91 Å². The minimum Gasteiger partial charge on any atom is -0.391 e. The van der Waals surface area contributed by atoms with Crippen molar-refractivity contribution in [2.45, 2.75) is 38.2 Å². The van der Waals surface area contributed by atoms with Gasteiger partial charge in [0.1, 0.15) is 5.82 Å². The van der Waals surface area contributed by atoms with E-state index in [1.807, 2.05) is 12.3 Å². The lowest BCUT2D eigenvalue weighted by molar-refractivity contribution is -0.135. The molecular formula is C19H24FN3O2. The number of hydrogen-bond acceptors (Lipinski definition) is 3. The third-order valence-corrected chi connectivity index (χ3v) is 4.92. The predicted molar refractivity (Wildman–Crippen MR) is 92.3 cm³/mol. The highest BCUT2D eigenvalue weighted by molar-refractivity contribution is 5.76. The Morgan fingerprint density at radius 1 is 1.40 bits per heavy atom. The van der Waals surface area contributed by atoms with Gasteiger partial charge in [-0.15, -0.1) is 0 Å². The van der Waals surface area contributed by atoms with Gasteiger partial charge in [0.25, 0.3) is 0 Å². The number of halogens is 1. The fourth-order valence-corrected chi connectivity index (χ4v) is 3.41. The number of carbonyl (C=O) groups excluding carboxylic acids is 1. The average Bonchev–Trinajstić information content (AvgIpc) is 3.12. The van der Waals surface area contributed by atoms with Crippen LogP contribution in [0.2, 0.25) is 0 Å². The zero-order valence-electron chi connectivity index (χ0n) is 14.2. The number of amides is 1. The van der Waals surface area contributed by atoms with Gasteiger partial charge in [-0.3, -0.25) is 9.89 Å². The highest BCUT2D eigenvalue weighted by Gasteiger charge is 2.30. The van der Waals surface area contributed by atoms with Crippen molar-refractivity contribution in [1.82, 2.24) is 15.1 Å². The van der Waals surface area contributed by atoms with Gasteiger partial charge in [0, 0.05) is 25.7 Å². The Balaban J connectivity index is 1.46. The highest BCUT2D eigenvalue weighted by Crippen LogP contribution is 2.24. The van der Waals surface area contributed by atoms with Crippen LogP contribution in [0.1, 0.15) is 30.4 Å². The Bertz CT molecular complexity index is 690. The maximum Gasteiger partial charge on any atom is 0.222 e. The van der Waals surface area contributed by atoms with Crippen molar-refractivity contribution in [3.63, 3.8) is 0 Å². The summed E-state index contributed by atoms with van der Waals surface area (Å²) < 4.78 is 13.8. The normalized spacial score (nSPS) is 20.6. The molecule has 1 fully saturated rings. The van der Waals surface area contributed by atoms with E-state index in [1.54, 1.807) is 23.2 Å². The van der Waals surface area contributed by atoms with Crippen molar-refractivity contribution in [3.8, 4) is 0 Å². The van der Waals surface area contributed by atoms with E-state index in [2.05, 4.69) is 10.2 Å². The van der Waals surface area contributed by atoms with Gasteiger partial charge in [0.05, 0.1) is 12.3 Å². The van der Waals surface area contributed by atoms with Crippen molar-refractivity contribution in [1.29, 1.82) is 0 Å². The van der Waals surface area contributed by atoms with Crippen molar-refractivity contribution in [2.24, 2.45) is 5.92 Å². The van der Waals surface area contributed by atoms with Crippen molar-refractivity contribution in [2.75, 3.05) is 13.1 Å². The molecule has 0 aliphatic carbocycles. The summed E-state index contributed by atoms with van der Waals surface area (Å²) >= 11 is 0. The van der Waals surface area contributed by atoms with Crippen LogP contribution in [0.15, 0.2) is 36.7 Å². The number of aromatic amines is 1. The van der Waals surface area contributed by atoms with Gasteiger partial charge in [-0.2, -0.15) is 5.10 Å². The molecule has 0 saturated carbocycles. The topological polar surface area (TPSA) is 69.2 Å². The van der Waals surface area contributed by atoms with Crippen LogP contribution in [0, 0.1) is 11.7 Å². The lowest BCUT2D eigenvalue weighted by atomic mass is 9.87. The van der Waals surface area contributed by atoms with E-state index in [0.29, 0.717) is 37.9 Å². The Labute approximate surface area is 146 Å². The fraction of sp³-hybridized carbons (Fsp3) is 0.474. The highest BCUT2D eigenvalue weighted by atomic mass is 19.1. The summed E-state index contributed by atoms with van der Waals surface area (Å²) in [5.74, 6) is -0.161. The largest absolute Gasteiger partial charge is 0.391 e. The van der Waals surface area contributed by atoms with Crippen LogP contribution in [-0.4, -0.2) is 45.3 Å². The molecule has 5 nitrogen and oxygen atoms in total. The SMILES string of the molecule is O=C(CCCc1cn[nH]c1)N1CC[C@H](Cc2ccccc2F)[C@H](O)C1. The number of H-pyrrole nitrogens is 1. The number of aryl methyl sites for hydroxylation is 1. The molecule has 0 bridgehead atoms. The standard InChI is InChI=1S/C19H24FN3O2/c20-17-6-2-1-5-15(17)10-16-8-9-23(13-18(16)24)19(25)7-3-4-14-11-21-22-12-14/h1-2,5-6,11-12,16,18,24H,3-4,7-10,13H2,(H,21,22)/t16-,18-/m1/s1. The van der Waals surface area contributed by atoms with Crippen molar-refractivity contribution in [3.05, 3.63) is 53.6 Å². The second kappa shape index (κ2) is 8.25. The van der Waals surface area contributed by atoms with E-state index < -0.39 is 6.10 Å². The molecule has 1 aliphatic rings. The van der Waals surface area contributed by atoms with E-state index in [4.69, 9.17) is 0 Å². The summed E-state index contributed by atoms with van der Waals surface area (Å²) in [7, 11) is 0. The van der Waals surface area contributed by atoms with Gasteiger partial charge in [-0.25, -0.2) is 4.39 Å². The van der Waals surface area contributed by atoms with Crippen LogP contribution in [0.25, 0.3) is 0 Å². The number of carbonyl (C=O) groups is 1. The smallest absolute Gasteiger partial charge is 0.222 e. The minimum atomic E-state index is -0.605. The zero-order valence-corrected chi connectivity index (χ0v) is 14.2. The maximum absolute atomic E-state index is 13.8. The Morgan fingerprint density at radius 2 is 2.24 bits per heavy atom. The summed E-state index contributed by atoms with van der Waals surface area (Å²) in [6.45, 7) is 0.963. The molecule has 0 radical (unpaired) electrons. The first-order chi connectivity index (χ1) is 12.1. The minimum absolute atomic E-state index is 0.00752. The first kappa shape index (κ1) is 17.6. The second-order valence-electron chi connectivity index (χ2n) is 6.71. The molecule has 2 N–H and O–H groups in total. The molecule has 1 amide bonds. The summed E-state index contributed by atoms with van der Waals surface area (Å²) in [4.78, 5) is 14.1.